The zero-order chi connectivity index (χ0) is 30.1. The number of cyclic esters (lactones) is 1. The van der Waals surface area contributed by atoms with Gasteiger partial charge in [-0.15, -0.1) is 0 Å². The molecule has 226 valence electrons. The van der Waals surface area contributed by atoms with Gasteiger partial charge in [-0.25, -0.2) is 19.2 Å². The molecule has 10 nitrogen and oxygen atoms in total. The van der Waals surface area contributed by atoms with E-state index < -0.39 is 5.82 Å². The second-order valence-corrected chi connectivity index (χ2v) is 12.0. The fourth-order valence-corrected chi connectivity index (χ4v) is 6.20. The molecular weight excluding hydrogens is 551 g/mol. The SMILES string of the molecule is CC(C)N(C)C(=O)c1cc(F)ccc1Oc1cncnc1N1CCC2(CCN(Cc3ccc(N4CCOC4=O)cc3)C2)C1. The van der Waals surface area contributed by atoms with Gasteiger partial charge in [-0.1, -0.05) is 12.1 Å². The van der Waals surface area contributed by atoms with Gasteiger partial charge in [0, 0.05) is 50.4 Å². The van der Waals surface area contributed by atoms with E-state index in [9.17, 15) is 14.0 Å². The van der Waals surface area contributed by atoms with E-state index in [0.29, 0.717) is 24.7 Å². The topological polar surface area (TPSA) is 91.3 Å². The number of hydrogen-bond donors (Lipinski definition) is 0. The molecule has 0 aliphatic carbocycles. The van der Waals surface area contributed by atoms with E-state index >= 15 is 0 Å². The molecule has 1 aromatic heterocycles. The molecule has 4 heterocycles. The van der Waals surface area contributed by atoms with Crippen LogP contribution in [0.15, 0.2) is 55.0 Å². The number of amides is 2. The summed E-state index contributed by atoms with van der Waals surface area (Å²) < 4.78 is 25.5. The maximum atomic E-state index is 14.2. The zero-order valence-corrected chi connectivity index (χ0v) is 24.8. The molecule has 0 N–H and O–H groups in total. The number of ether oxygens (including phenoxy) is 2. The van der Waals surface area contributed by atoms with Crippen molar-refractivity contribution in [2.24, 2.45) is 5.41 Å². The van der Waals surface area contributed by atoms with Gasteiger partial charge in [0.05, 0.1) is 18.3 Å². The molecule has 3 aliphatic heterocycles. The first-order valence-electron chi connectivity index (χ1n) is 14.8. The Morgan fingerprint density at radius 2 is 1.88 bits per heavy atom. The summed E-state index contributed by atoms with van der Waals surface area (Å²) in [7, 11) is 1.69. The second-order valence-electron chi connectivity index (χ2n) is 12.0. The molecule has 3 fully saturated rings. The van der Waals surface area contributed by atoms with Crippen LogP contribution in [0.5, 0.6) is 11.5 Å². The largest absolute Gasteiger partial charge is 0.451 e. The van der Waals surface area contributed by atoms with Crippen LogP contribution < -0.4 is 14.5 Å². The Balaban J connectivity index is 1.13. The molecule has 0 saturated carbocycles. The molecule has 1 unspecified atom stereocenters. The van der Waals surface area contributed by atoms with Gasteiger partial charge >= 0.3 is 6.09 Å². The van der Waals surface area contributed by atoms with Crippen LogP contribution in [0.2, 0.25) is 0 Å². The minimum Gasteiger partial charge on any atom is -0.451 e. The summed E-state index contributed by atoms with van der Waals surface area (Å²) in [6, 6.07) is 12.1. The summed E-state index contributed by atoms with van der Waals surface area (Å²) >= 11 is 0. The first-order valence-corrected chi connectivity index (χ1v) is 14.8. The molecule has 11 heteroatoms. The highest BCUT2D eigenvalue weighted by molar-refractivity contribution is 5.97. The van der Waals surface area contributed by atoms with Crippen LogP contribution in [-0.4, -0.2) is 84.2 Å². The number of nitrogens with zero attached hydrogens (tertiary/aromatic N) is 6. The van der Waals surface area contributed by atoms with Crippen molar-refractivity contribution in [1.82, 2.24) is 19.8 Å². The number of likely N-dealkylation sites (tertiary alicyclic amines) is 1. The number of hydrogen-bond acceptors (Lipinski definition) is 8. The Bertz CT molecular complexity index is 1500. The molecule has 6 rings (SSSR count). The molecule has 43 heavy (non-hydrogen) atoms. The summed E-state index contributed by atoms with van der Waals surface area (Å²) in [5.41, 5.74) is 2.37. The molecule has 2 aromatic carbocycles. The Hall–Kier alpha value is -4.25. The predicted molar refractivity (Wildman–Crippen MR) is 160 cm³/mol. The fourth-order valence-electron chi connectivity index (χ4n) is 6.20. The highest BCUT2D eigenvalue weighted by Crippen LogP contribution is 2.43. The maximum Gasteiger partial charge on any atom is 0.414 e. The third kappa shape index (κ3) is 5.99. The zero-order valence-electron chi connectivity index (χ0n) is 24.8. The predicted octanol–water partition coefficient (Wildman–Crippen LogP) is 4.95. The molecule has 2 amide bonds. The lowest BCUT2D eigenvalue weighted by Gasteiger charge is -2.26. The van der Waals surface area contributed by atoms with Crippen molar-refractivity contribution in [2.75, 3.05) is 56.2 Å². The molecule has 3 saturated heterocycles. The number of anilines is 2. The Labute approximate surface area is 251 Å². The number of carbonyl (C=O) groups excluding carboxylic acids is 2. The first-order chi connectivity index (χ1) is 20.7. The fraction of sp³-hybridized carbons (Fsp3) is 0.438. The van der Waals surface area contributed by atoms with Crippen LogP contribution in [0, 0.1) is 11.2 Å². The first kappa shape index (κ1) is 28.9. The Morgan fingerprint density at radius 1 is 1.09 bits per heavy atom. The monoisotopic (exact) mass is 588 g/mol. The van der Waals surface area contributed by atoms with Crippen LogP contribution in [0.3, 0.4) is 0 Å². The van der Waals surface area contributed by atoms with E-state index in [-0.39, 0.29) is 34.8 Å². The highest BCUT2D eigenvalue weighted by atomic mass is 19.1. The number of aromatic nitrogens is 2. The van der Waals surface area contributed by atoms with Gasteiger partial charge < -0.3 is 19.3 Å². The van der Waals surface area contributed by atoms with Gasteiger partial charge in [0.1, 0.15) is 24.5 Å². The maximum absolute atomic E-state index is 14.2. The summed E-state index contributed by atoms with van der Waals surface area (Å²) in [6.45, 7) is 9.30. The van der Waals surface area contributed by atoms with E-state index in [1.807, 2.05) is 26.0 Å². The van der Waals surface area contributed by atoms with Crippen LogP contribution in [0.4, 0.5) is 20.7 Å². The van der Waals surface area contributed by atoms with Crippen LogP contribution >= 0.6 is 0 Å². The van der Waals surface area contributed by atoms with E-state index in [4.69, 9.17) is 9.47 Å². The van der Waals surface area contributed by atoms with E-state index in [1.54, 1.807) is 23.0 Å². The smallest absolute Gasteiger partial charge is 0.414 e. The van der Waals surface area contributed by atoms with Gasteiger partial charge in [-0.05, 0) is 69.1 Å². The molecule has 0 radical (unpaired) electrons. The van der Waals surface area contributed by atoms with Gasteiger partial charge in [0.15, 0.2) is 11.6 Å². The Kier molecular flexibility index (Phi) is 7.91. The lowest BCUT2D eigenvalue weighted by Crippen LogP contribution is -2.33. The number of rotatable bonds is 8. The van der Waals surface area contributed by atoms with Crippen LogP contribution in [0.1, 0.15) is 42.6 Å². The van der Waals surface area contributed by atoms with Gasteiger partial charge in [-0.2, -0.15) is 0 Å². The minimum absolute atomic E-state index is 0.0546. The molecule has 1 atom stereocenters. The third-order valence-corrected chi connectivity index (χ3v) is 8.82. The van der Waals surface area contributed by atoms with Crippen LogP contribution in [0.25, 0.3) is 0 Å². The van der Waals surface area contributed by atoms with Crippen molar-refractivity contribution in [1.29, 1.82) is 0 Å². The lowest BCUT2D eigenvalue weighted by atomic mass is 9.86. The van der Waals surface area contributed by atoms with Gasteiger partial charge in [-0.3, -0.25) is 14.6 Å². The quantitative estimate of drug-likeness (QED) is 0.365. The molecular formula is C32H37FN6O4. The van der Waals surface area contributed by atoms with Crippen molar-refractivity contribution < 1.29 is 23.5 Å². The summed E-state index contributed by atoms with van der Waals surface area (Å²) in [4.78, 5) is 41.7. The van der Waals surface area contributed by atoms with Crippen molar-refractivity contribution in [3.8, 4) is 11.5 Å². The van der Waals surface area contributed by atoms with Gasteiger partial charge in [0.2, 0.25) is 0 Å². The highest BCUT2D eigenvalue weighted by Gasteiger charge is 2.44. The molecule has 0 bridgehead atoms. The van der Waals surface area contributed by atoms with Crippen molar-refractivity contribution >= 4 is 23.5 Å². The molecule has 1 spiro atoms. The van der Waals surface area contributed by atoms with Crippen molar-refractivity contribution in [3.05, 3.63) is 71.9 Å². The standard InChI is InChI=1S/C32H37FN6O4/c1-22(2)36(3)30(40)26-16-24(33)6-9-27(26)43-28-17-34-21-35-29(28)38-13-11-32(20-38)10-12-37(19-32)18-23-4-7-25(8-5-23)39-14-15-42-31(39)41/h4-9,16-17,21-22H,10-15,18-20H2,1-3H3. The summed E-state index contributed by atoms with van der Waals surface area (Å²) in [5.74, 6) is 0.549. The van der Waals surface area contributed by atoms with Crippen molar-refractivity contribution in [3.63, 3.8) is 0 Å². The minimum atomic E-state index is -0.503. The summed E-state index contributed by atoms with van der Waals surface area (Å²) in [6.07, 6.45) is 4.93. The third-order valence-electron chi connectivity index (χ3n) is 8.82. The number of halogens is 1. The van der Waals surface area contributed by atoms with E-state index in [0.717, 1.165) is 51.3 Å². The number of carbonyl (C=O) groups is 2. The van der Waals surface area contributed by atoms with Crippen LogP contribution in [-0.2, 0) is 11.3 Å². The van der Waals surface area contributed by atoms with E-state index in [2.05, 4.69) is 31.9 Å². The average molecular weight is 589 g/mol. The second kappa shape index (κ2) is 11.8. The van der Waals surface area contributed by atoms with Crippen molar-refractivity contribution in [2.45, 2.75) is 39.3 Å². The lowest BCUT2D eigenvalue weighted by molar-refractivity contribution is 0.0751. The normalized spacial score (nSPS) is 20.3. The number of benzene rings is 2. The van der Waals surface area contributed by atoms with E-state index in [1.165, 1.54) is 30.1 Å². The Morgan fingerprint density at radius 3 is 2.63 bits per heavy atom. The van der Waals surface area contributed by atoms with Gasteiger partial charge in [0.25, 0.3) is 5.91 Å². The average Bonchev–Trinajstić information content (AvgIpc) is 3.74. The molecule has 3 aliphatic rings. The summed E-state index contributed by atoms with van der Waals surface area (Å²) in [5, 5.41) is 0. The molecule has 3 aromatic rings.